The fourth-order valence-electron chi connectivity index (χ4n) is 1.54. The van der Waals surface area contributed by atoms with Gasteiger partial charge < -0.3 is 0 Å². The van der Waals surface area contributed by atoms with Crippen molar-refractivity contribution in [3.8, 4) is 0 Å². The van der Waals surface area contributed by atoms with Crippen molar-refractivity contribution >= 4 is 21.5 Å². The highest BCUT2D eigenvalue weighted by atomic mass is 32.2. The highest BCUT2D eigenvalue weighted by molar-refractivity contribution is 7.85. The highest BCUT2D eigenvalue weighted by Crippen LogP contribution is 2.11. The maximum absolute atomic E-state index is 11.7. The van der Waals surface area contributed by atoms with Gasteiger partial charge in [-0.1, -0.05) is 36.4 Å². The molecule has 0 fully saturated rings. The van der Waals surface area contributed by atoms with Gasteiger partial charge in [-0.15, -0.1) is 11.3 Å². The molecule has 0 N–H and O–H groups in total. The van der Waals surface area contributed by atoms with Gasteiger partial charge in [-0.3, -0.25) is 4.18 Å². The van der Waals surface area contributed by atoms with Gasteiger partial charge in [-0.25, -0.2) is 0 Å². The van der Waals surface area contributed by atoms with Crippen molar-refractivity contribution in [2.75, 3.05) is 6.61 Å². The number of rotatable bonds is 6. The largest absolute Gasteiger partial charge is 0.271 e. The summed E-state index contributed by atoms with van der Waals surface area (Å²) in [6.45, 7) is 0.204. The van der Waals surface area contributed by atoms with E-state index in [1.807, 2.05) is 35.7 Å². The zero-order chi connectivity index (χ0) is 12.8. The van der Waals surface area contributed by atoms with Gasteiger partial charge in [-0.2, -0.15) is 8.42 Å². The number of benzene rings is 1. The topological polar surface area (TPSA) is 43.4 Å². The number of hydrogen-bond donors (Lipinski definition) is 0. The third kappa shape index (κ3) is 4.25. The predicted octanol–water partition coefficient (Wildman–Crippen LogP) is 2.84. The van der Waals surface area contributed by atoms with Crippen molar-refractivity contribution in [1.82, 2.24) is 0 Å². The van der Waals surface area contributed by atoms with E-state index in [9.17, 15) is 8.42 Å². The minimum absolute atomic E-state index is 0.0712. The Bertz CT molecular complexity index is 560. The third-order valence-corrected chi connectivity index (χ3v) is 4.53. The minimum atomic E-state index is -3.48. The maximum atomic E-state index is 11.7. The Morgan fingerprint density at radius 2 is 1.83 bits per heavy atom. The van der Waals surface area contributed by atoms with E-state index < -0.39 is 10.1 Å². The minimum Gasteiger partial charge on any atom is -0.269 e. The van der Waals surface area contributed by atoms with Crippen LogP contribution in [0.3, 0.4) is 0 Å². The van der Waals surface area contributed by atoms with Crippen molar-refractivity contribution in [3.63, 3.8) is 0 Å². The Morgan fingerprint density at radius 1 is 1.06 bits per heavy atom. The summed E-state index contributed by atoms with van der Waals surface area (Å²) < 4.78 is 28.4. The summed E-state index contributed by atoms with van der Waals surface area (Å²) >= 11 is 1.60. The van der Waals surface area contributed by atoms with Gasteiger partial charge in [0.2, 0.25) is 0 Å². The molecule has 2 rings (SSSR count). The lowest BCUT2D eigenvalue weighted by atomic mass is 10.2. The molecule has 5 heteroatoms. The Morgan fingerprint density at radius 3 is 2.50 bits per heavy atom. The molecule has 0 unspecified atom stereocenters. The summed E-state index contributed by atoms with van der Waals surface area (Å²) in [5.74, 6) is -0.0712. The summed E-state index contributed by atoms with van der Waals surface area (Å²) in [6.07, 6.45) is 0.631. The molecule has 1 aromatic carbocycles. The molecule has 0 atom stereocenters. The molecule has 0 amide bonds. The molecule has 0 saturated carbocycles. The van der Waals surface area contributed by atoms with Crippen LogP contribution in [0.25, 0.3) is 0 Å². The van der Waals surface area contributed by atoms with E-state index in [-0.39, 0.29) is 12.4 Å². The van der Waals surface area contributed by atoms with Gasteiger partial charge in [0.1, 0.15) is 5.75 Å². The Balaban J connectivity index is 1.84. The van der Waals surface area contributed by atoms with E-state index in [1.54, 1.807) is 23.5 Å². The van der Waals surface area contributed by atoms with Gasteiger partial charge in [-0.05, 0) is 17.0 Å². The second kappa shape index (κ2) is 6.13. The highest BCUT2D eigenvalue weighted by Gasteiger charge is 2.12. The third-order valence-electron chi connectivity index (χ3n) is 2.38. The van der Waals surface area contributed by atoms with E-state index in [0.717, 1.165) is 10.4 Å². The lowest BCUT2D eigenvalue weighted by Gasteiger charge is -2.04. The van der Waals surface area contributed by atoms with Crippen LogP contribution < -0.4 is 0 Å². The molecule has 1 aromatic heterocycles. The molecule has 96 valence electrons. The molecule has 18 heavy (non-hydrogen) atoms. The molecule has 2 aromatic rings. The van der Waals surface area contributed by atoms with Crippen molar-refractivity contribution in [2.24, 2.45) is 0 Å². The zero-order valence-corrected chi connectivity index (χ0v) is 11.4. The van der Waals surface area contributed by atoms with Crippen LogP contribution in [0, 0.1) is 0 Å². The molecule has 0 aliphatic heterocycles. The van der Waals surface area contributed by atoms with Crippen LogP contribution in [-0.4, -0.2) is 15.0 Å². The second-order valence-electron chi connectivity index (χ2n) is 3.84. The molecule has 0 spiro atoms. The average Bonchev–Trinajstić information content (AvgIpc) is 2.82. The molecular weight excluding hydrogens is 268 g/mol. The first-order valence-electron chi connectivity index (χ1n) is 5.59. The van der Waals surface area contributed by atoms with Gasteiger partial charge in [0.05, 0.1) is 6.61 Å². The summed E-state index contributed by atoms with van der Waals surface area (Å²) in [7, 11) is -3.48. The lowest BCUT2D eigenvalue weighted by molar-refractivity contribution is 0.322. The quantitative estimate of drug-likeness (QED) is 0.765. The van der Waals surface area contributed by atoms with Crippen LogP contribution in [0.5, 0.6) is 0 Å². The smallest absolute Gasteiger partial charge is 0.269 e. The van der Waals surface area contributed by atoms with Crippen molar-refractivity contribution in [2.45, 2.75) is 12.2 Å². The van der Waals surface area contributed by atoms with Crippen LogP contribution in [0.15, 0.2) is 47.8 Å². The summed E-state index contributed by atoms with van der Waals surface area (Å²) in [5, 5.41) is 1.97. The van der Waals surface area contributed by atoms with E-state index in [2.05, 4.69) is 0 Å². The molecule has 0 bridgehead atoms. The fourth-order valence-corrected chi connectivity index (χ4v) is 3.26. The molecule has 3 nitrogen and oxygen atoms in total. The SMILES string of the molecule is O=S(=O)(Cc1ccccc1)OCCc1cccs1. The standard InChI is InChI=1S/C13H14O3S2/c14-18(15,11-12-5-2-1-3-6-12)16-9-8-13-7-4-10-17-13/h1-7,10H,8-9,11H2. The molecule has 0 saturated heterocycles. The van der Waals surface area contributed by atoms with Crippen LogP contribution >= 0.6 is 11.3 Å². The van der Waals surface area contributed by atoms with Crippen molar-refractivity contribution in [1.29, 1.82) is 0 Å². The second-order valence-corrected chi connectivity index (χ2v) is 6.51. The zero-order valence-electron chi connectivity index (χ0n) is 9.78. The van der Waals surface area contributed by atoms with E-state index in [4.69, 9.17) is 4.18 Å². The Kier molecular flexibility index (Phi) is 4.52. The van der Waals surface area contributed by atoms with Crippen LogP contribution in [0.1, 0.15) is 10.4 Å². The van der Waals surface area contributed by atoms with Crippen molar-refractivity contribution in [3.05, 3.63) is 58.3 Å². The van der Waals surface area contributed by atoms with E-state index in [1.165, 1.54) is 0 Å². The first kappa shape index (κ1) is 13.3. The van der Waals surface area contributed by atoms with Gasteiger partial charge >= 0.3 is 0 Å². The summed E-state index contributed by atoms with van der Waals surface area (Å²) in [6, 6.07) is 13.0. The van der Waals surface area contributed by atoms with E-state index in [0.29, 0.717) is 6.42 Å². The molecule has 0 aliphatic carbocycles. The van der Waals surface area contributed by atoms with Crippen LogP contribution in [-0.2, 0) is 26.5 Å². The normalized spacial score (nSPS) is 11.6. The first-order chi connectivity index (χ1) is 8.66. The average molecular weight is 282 g/mol. The molecule has 0 aliphatic rings. The number of hydrogen-bond acceptors (Lipinski definition) is 4. The first-order valence-corrected chi connectivity index (χ1v) is 8.05. The molecular formula is C13H14O3S2. The summed E-state index contributed by atoms with van der Waals surface area (Å²) in [4.78, 5) is 1.13. The number of thiophene rings is 1. The Hall–Kier alpha value is -1.17. The Labute approximate surface area is 111 Å². The van der Waals surface area contributed by atoms with Gasteiger partial charge in [0, 0.05) is 11.3 Å². The predicted molar refractivity (Wildman–Crippen MR) is 73.0 cm³/mol. The van der Waals surface area contributed by atoms with Crippen LogP contribution in [0.2, 0.25) is 0 Å². The fraction of sp³-hybridized carbons (Fsp3) is 0.231. The molecule has 0 radical (unpaired) electrons. The van der Waals surface area contributed by atoms with Gasteiger partial charge in [0.15, 0.2) is 0 Å². The van der Waals surface area contributed by atoms with Crippen LogP contribution in [0.4, 0.5) is 0 Å². The monoisotopic (exact) mass is 282 g/mol. The van der Waals surface area contributed by atoms with Gasteiger partial charge in [0.25, 0.3) is 10.1 Å². The molecule has 1 heterocycles. The maximum Gasteiger partial charge on any atom is 0.271 e. The van der Waals surface area contributed by atoms with Crippen molar-refractivity contribution < 1.29 is 12.6 Å². The van der Waals surface area contributed by atoms with E-state index >= 15 is 0 Å². The lowest BCUT2D eigenvalue weighted by Crippen LogP contribution is -2.10. The summed E-state index contributed by atoms with van der Waals surface area (Å²) in [5.41, 5.74) is 0.744.